The minimum atomic E-state index is -0.0901. The standard InChI is InChI=1S/C20H28N4O/c1-5-24(6-2)18-7-8-19(16(3)15-18)22-20(25)23(4)14-11-17-9-12-21-13-10-17/h7-10,12-13,15H,5-6,11,14H2,1-4H3,(H,22,25). The van der Waals surface area contributed by atoms with Crippen LogP contribution in [0.25, 0.3) is 0 Å². The molecule has 5 nitrogen and oxygen atoms in total. The molecule has 134 valence electrons. The molecule has 0 saturated carbocycles. The summed E-state index contributed by atoms with van der Waals surface area (Å²) in [6, 6.07) is 10.0. The maximum atomic E-state index is 12.4. The second-order valence-corrected chi connectivity index (χ2v) is 6.13. The van der Waals surface area contributed by atoms with Crippen molar-refractivity contribution >= 4 is 17.4 Å². The molecule has 1 N–H and O–H groups in total. The second-order valence-electron chi connectivity index (χ2n) is 6.13. The molecule has 2 rings (SSSR count). The van der Waals surface area contributed by atoms with Crippen LogP contribution < -0.4 is 10.2 Å². The maximum Gasteiger partial charge on any atom is 0.321 e. The first-order chi connectivity index (χ1) is 12.0. The Labute approximate surface area is 150 Å². The lowest BCUT2D eigenvalue weighted by atomic mass is 10.1. The third kappa shape index (κ3) is 5.21. The van der Waals surface area contributed by atoms with Crippen LogP contribution in [0.3, 0.4) is 0 Å². The Balaban J connectivity index is 1.95. The molecule has 0 fully saturated rings. The smallest absolute Gasteiger partial charge is 0.321 e. The van der Waals surface area contributed by atoms with Gasteiger partial charge >= 0.3 is 6.03 Å². The van der Waals surface area contributed by atoms with Gasteiger partial charge in [-0.25, -0.2) is 4.79 Å². The van der Waals surface area contributed by atoms with E-state index in [0.29, 0.717) is 6.54 Å². The Morgan fingerprint density at radius 3 is 2.40 bits per heavy atom. The van der Waals surface area contributed by atoms with E-state index in [-0.39, 0.29) is 6.03 Å². The molecule has 0 aliphatic carbocycles. The number of likely N-dealkylation sites (N-methyl/N-ethyl adjacent to an activating group) is 1. The third-order valence-electron chi connectivity index (χ3n) is 4.41. The number of hydrogen-bond donors (Lipinski definition) is 1. The summed E-state index contributed by atoms with van der Waals surface area (Å²) in [4.78, 5) is 20.4. The number of carbonyl (C=O) groups excluding carboxylic acids is 1. The zero-order valence-corrected chi connectivity index (χ0v) is 15.6. The summed E-state index contributed by atoms with van der Waals surface area (Å²) >= 11 is 0. The molecule has 0 aliphatic heterocycles. The van der Waals surface area contributed by atoms with Crippen LogP contribution >= 0.6 is 0 Å². The number of urea groups is 1. The predicted octanol–water partition coefficient (Wildman–Crippen LogP) is 3.94. The molecule has 25 heavy (non-hydrogen) atoms. The van der Waals surface area contributed by atoms with Gasteiger partial charge in [0.2, 0.25) is 0 Å². The molecule has 2 amide bonds. The van der Waals surface area contributed by atoms with Crippen molar-refractivity contribution in [2.75, 3.05) is 36.9 Å². The Morgan fingerprint density at radius 1 is 1.12 bits per heavy atom. The molecule has 0 bridgehead atoms. The van der Waals surface area contributed by atoms with Crippen LogP contribution in [0, 0.1) is 6.92 Å². The fraction of sp³-hybridized carbons (Fsp3) is 0.400. The van der Waals surface area contributed by atoms with Crippen LogP contribution in [0.2, 0.25) is 0 Å². The van der Waals surface area contributed by atoms with E-state index in [9.17, 15) is 4.79 Å². The molecule has 1 aromatic carbocycles. The molecule has 1 aromatic heterocycles. The van der Waals surface area contributed by atoms with Crippen LogP contribution in [0.4, 0.5) is 16.2 Å². The number of anilines is 2. The molecule has 0 spiro atoms. The lowest BCUT2D eigenvalue weighted by Gasteiger charge is -2.23. The molecule has 2 aromatic rings. The lowest BCUT2D eigenvalue weighted by molar-refractivity contribution is 0.223. The van der Waals surface area contributed by atoms with Gasteiger partial charge in [0.25, 0.3) is 0 Å². The van der Waals surface area contributed by atoms with E-state index >= 15 is 0 Å². The molecule has 0 unspecified atom stereocenters. The number of amides is 2. The highest BCUT2D eigenvalue weighted by atomic mass is 16.2. The summed E-state index contributed by atoms with van der Waals surface area (Å²) in [5, 5.41) is 3.00. The van der Waals surface area contributed by atoms with Gasteiger partial charge in [-0.2, -0.15) is 0 Å². The lowest BCUT2D eigenvalue weighted by Crippen LogP contribution is -2.33. The molecular formula is C20H28N4O. The molecule has 0 saturated heterocycles. The molecule has 5 heteroatoms. The zero-order valence-electron chi connectivity index (χ0n) is 15.6. The maximum absolute atomic E-state index is 12.4. The van der Waals surface area contributed by atoms with Gasteiger partial charge in [-0.1, -0.05) is 0 Å². The topological polar surface area (TPSA) is 48.5 Å². The van der Waals surface area contributed by atoms with Crippen molar-refractivity contribution < 1.29 is 4.79 Å². The predicted molar refractivity (Wildman–Crippen MR) is 104 cm³/mol. The van der Waals surface area contributed by atoms with Crippen LogP contribution in [0.5, 0.6) is 0 Å². The van der Waals surface area contributed by atoms with Gasteiger partial charge in [-0.3, -0.25) is 4.98 Å². The summed E-state index contributed by atoms with van der Waals surface area (Å²) in [6.45, 7) is 8.92. The number of rotatable bonds is 7. The SMILES string of the molecule is CCN(CC)c1ccc(NC(=O)N(C)CCc2ccncc2)c(C)c1. The number of nitrogens with one attached hydrogen (secondary N) is 1. The van der Waals surface area contributed by atoms with Crippen molar-refractivity contribution in [2.24, 2.45) is 0 Å². The fourth-order valence-electron chi connectivity index (χ4n) is 2.73. The van der Waals surface area contributed by atoms with Gasteiger partial charge in [-0.05, 0) is 68.7 Å². The van der Waals surface area contributed by atoms with E-state index in [0.717, 1.165) is 30.8 Å². The van der Waals surface area contributed by atoms with Crippen LogP contribution in [0.15, 0.2) is 42.7 Å². The summed E-state index contributed by atoms with van der Waals surface area (Å²) < 4.78 is 0. The van der Waals surface area contributed by atoms with Gasteiger partial charge in [0.1, 0.15) is 0 Å². The zero-order chi connectivity index (χ0) is 18.2. The van der Waals surface area contributed by atoms with Crippen LogP contribution in [0.1, 0.15) is 25.0 Å². The Morgan fingerprint density at radius 2 is 1.80 bits per heavy atom. The van der Waals surface area contributed by atoms with Gasteiger partial charge in [0.15, 0.2) is 0 Å². The summed E-state index contributed by atoms with van der Waals surface area (Å²) in [6.07, 6.45) is 4.36. The highest BCUT2D eigenvalue weighted by molar-refractivity contribution is 5.90. The van der Waals surface area contributed by atoms with E-state index in [1.807, 2.05) is 32.2 Å². The second kappa shape index (κ2) is 9.06. The van der Waals surface area contributed by atoms with Gasteiger partial charge in [0, 0.05) is 50.5 Å². The van der Waals surface area contributed by atoms with Crippen LogP contribution in [-0.4, -0.2) is 42.6 Å². The van der Waals surface area contributed by atoms with E-state index in [1.165, 1.54) is 11.3 Å². The number of aryl methyl sites for hydroxylation is 1. The van der Waals surface area contributed by atoms with Gasteiger partial charge in [0.05, 0.1) is 0 Å². The highest BCUT2D eigenvalue weighted by Gasteiger charge is 2.11. The van der Waals surface area contributed by atoms with Gasteiger partial charge in [-0.15, -0.1) is 0 Å². The van der Waals surface area contributed by atoms with Crippen molar-refractivity contribution in [1.82, 2.24) is 9.88 Å². The van der Waals surface area contributed by atoms with Crippen molar-refractivity contribution in [3.63, 3.8) is 0 Å². The number of carbonyl (C=O) groups is 1. The van der Waals surface area contributed by atoms with E-state index in [2.05, 4.69) is 41.2 Å². The molecule has 1 heterocycles. The number of aromatic nitrogens is 1. The minimum absolute atomic E-state index is 0.0901. The minimum Gasteiger partial charge on any atom is -0.372 e. The van der Waals surface area contributed by atoms with Crippen LogP contribution in [-0.2, 0) is 6.42 Å². The van der Waals surface area contributed by atoms with Crippen molar-refractivity contribution in [3.8, 4) is 0 Å². The fourth-order valence-corrected chi connectivity index (χ4v) is 2.73. The molecule has 0 radical (unpaired) electrons. The van der Waals surface area contributed by atoms with Gasteiger partial charge < -0.3 is 15.1 Å². The first-order valence-corrected chi connectivity index (χ1v) is 8.81. The van der Waals surface area contributed by atoms with E-state index in [1.54, 1.807) is 17.3 Å². The number of benzene rings is 1. The average molecular weight is 340 g/mol. The summed E-state index contributed by atoms with van der Waals surface area (Å²) in [7, 11) is 1.82. The number of hydrogen-bond acceptors (Lipinski definition) is 3. The quantitative estimate of drug-likeness (QED) is 0.830. The van der Waals surface area contributed by atoms with E-state index in [4.69, 9.17) is 0 Å². The number of pyridine rings is 1. The first-order valence-electron chi connectivity index (χ1n) is 8.81. The third-order valence-corrected chi connectivity index (χ3v) is 4.41. The van der Waals surface area contributed by atoms with E-state index < -0.39 is 0 Å². The van der Waals surface area contributed by atoms with Crippen molar-refractivity contribution in [2.45, 2.75) is 27.2 Å². The average Bonchev–Trinajstić information content (AvgIpc) is 2.63. The first kappa shape index (κ1) is 18.8. The summed E-state index contributed by atoms with van der Waals surface area (Å²) in [5.41, 5.74) is 4.29. The molecule has 0 aliphatic rings. The van der Waals surface area contributed by atoms with Crippen molar-refractivity contribution in [1.29, 1.82) is 0 Å². The molecular weight excluding hydrogens is 312 g/mol. The summed E-state index contributed by atoms with van der Waals surface area (Å²) in [5.74, 6) is 0. The van der Waals surface area contributed by atoms with Crippen molar-refractivity contribution in [3.05, 3.63) is 53.9 Å². The normalized spacial score (nSPS) is 10.4. The highest BCUT2D eigenvalue weighted by Crippen LogP contribution is 2.22. The Kier molecular flexibility index (Phi) is 6.81. The Hall–Kier alpha value is -2.56. The molecule has 0 atom stereocenters. The monoisotopic (exact) mass is 340 g/mol. The number of nitrogens with zero attached hydrogens (tertiary/aromatic N) is 3. The largest absolute Gasteiger partial charge is 0.372 e. The Bertz CT molecular complexity index is 683.